The first-order valence-corrected chi connectivity index (χ1v) is 8.09. The Bertz CT molecular complexity index is 611. The number of nitrogens with zero attached hydrogens (tertiary/aromatic N) is 3. The molecule has 1 aliphatic carbocycles. The molecule has 0 aliphatic heterocycles. The lowest BCUT2D eigenvalue weighted by Crippen LogP contribution is -2.24. The van der Waals surface area contributed by atoms with Crippen LogP contribution in [-0.2, 0) is 12.4 Å². The number of hydrogen-bond acceptors (Lipinski definition) is 2. The number of rotatable bonds is 4. The molecule has 0 radical (unpaired) electrons. The number of halogens is 1. The normalized spacial score (nSPS) is 17.9. The third-order valence-corrected chi connectivity index (χ3v) is 5.18. The van der Waals surface area contributed by atoms with Gasteiger partial charge in [-0.05, 0) is 43.2 Å². The number of fused-ring (bicyclic) bond motifs is 1. The van der Waals surface area contributed by atoms with Crippen molar-refractivity contribution in [3.8, 4) is 0 Å². The number of imidazole rings is 1. The molecule has 0 aromatic carbocycles. The lowest BCUT2D eigenvalue weighted by molar-refractivity contribution is 0.238. The van der Waals surface area contributed by atoms with Crippen LogP contribution >= 0.6 is 11.6 Å². The number of alkyl halides is 1. The predicted molar refractivity (Wildman–Crippen MR) is 83.0 cm³/mol. The Morgan fingerprint density at radius 2 is 2.10 bits per heavy atom. The van der Waals surface area contributed by atoms with Gasteiger partial charge in [-0.3, -0.25) is 0 Å². The zero-order valence-corrected chi connectivity index (χ0v) is 13.1. The molecule has 0 spiro atoms. The molecule has 3 nitrogen and oxygen atoms in total. The van der Waals surface area contributed by atoms with Gasteiger partial charge < -0.3 is 4.57 Å². The van der Waals surface area contributed by atoms with Crippen molar-refractivity contribution in [2.75, 3.05) is 0 Å². The molecule has 1 fully saturated rings. The van der Waals surface area contributed by atoms with Gasteiger partial charge in [0.2, 0.25) is 0 Å². The lowest BCUT2D eigenvalue weighted by atomic mass is 9.83. The van der Waals surface area contributed by atoms with E-state index in [2.05, 4.69) is 23.4 Å². The van der Waals surface area contributed by atoms with Crippen molar-refractivity contribution in [1.82, 2.24) is 14.5 Å². The molecule has 0 unspecified atom stereocenters. The van der Waals surface area contributed by atoms with E-state index in [1.165, 1.54) is 37.7 Å². The Hall–Kier alpha value is -1.09. The highest BCUT2D eigenvalue weighted by Crippen LogP contribution is 2.43. The molecule has 0 bridgehead atoms. The van der Waals surface area contributed by atoms with Crippen molar-refractivity contribution in [3.63, 3.8) is 0 Å². The van der Waals surface area contributed by atoms with Crippen LogP contribution in [0, 0.1) is 12.3 Å². The molecule has 4 heteroatoms. The van der Waals surface area contributed by atoms with Gasteiger partial charge >= 0.3 is 0 Å². The number of pyridine rings is 1. The molecule has 2 heterocycles. The first kappa shape index (κ1) is 13.9. The van der Waals surface area contributed by atoms with Crippen molar-refractivity contribution in [2.24, 2.45) is 5.41 Å². The zero-order valence-electron chi connectivity index (χ0n) is 12.3. The molecule has 1 saturated carbocycles. The van der Waals surface area contributed by atoms with E-state index in [0.717, 1.165) is 23.5 Å². The molecular formula is C16H22ClN3. The van der Waals surface area contributed by atoms with Gasteiger partial charge in [-0.1, -0.05) is 19.8 Å². The number of hydrogen-bond donors (Lipinski definition) is 0. The van der Waals surface area contributed by atoms with Crippen molar-refractivity contribution in [3.05, 3.63) is 23.7 Å². The smallest absolute Gasteiger partial charge is 0.160 e. The second-order valence-electron chi connectivity index (χ2n) is 6.11. The summed E-state index contributed by atoms with van der Waals surface area (Å²) in [6.07, 6.45) is 8.43. The summed E-state index contributed by atoms with van der Waals surface area (Å²) < 4.78 is 2.27. The van der Waals surface area contributed by atoms with E-state index >= 15 is 0 Å². The van der Waals surface area contributed by atoms with Crippen LogP contribution in [0.4, 0.5) is 0 Å². The number of aromatic nitrogens is 3. The maximum atomic E-state index is 6.12. The minimum Gasteiger partial charge on any atom is -0.311 e. The summed E-state index contributed by atoms with van der Waals surface area (Å²) in [6.45, 7) is 5.41. The molecule has 0 atom stereocenters. The van der Waals surface area contributed by atoms with Gasteiger partial charge in [-0.15, -0.1) is 11.6 Å². The fourth-order valence-corrected chi connectivity index (χ4v) is 3.74. The largest absolute Gasteiger partial charge is 0.311 e. The molecule has 0 amide bonds. The van der Waals surface area contributed by atoms with E-state index in [1.54, 1.807) is 0 Å². The summed E-state index contributed by atoms with van der Waals surface area (Å²) >= 11 is 6.12. The first-order chi connectivity index (χ1) is 9.69. The molecule has 1 aliphatic rings. The van der Waals surface area contributed by atoms with Crippen LogP contribution in [0.5, 0.6) is 0 Å². The molecular weight excluding hydrogens is 270 g/mol. The third-order valence-electron chi connectivity index (χ3n) is 4.94. The Balaban J connectivity index is 2.08. The minimum absolute atomic E-state index is 0.417. The van der Waals surface area contributed by atoms with Crippen molar-refractivity contribution < 1.29 is 0 Å². The second-order valence-corrected chi connectivity index (χ2v) is 6.38. The summed E-state index contributed by atoms with van der Waals surface area (Å²) in [5.74, 6) is 1.42. The average Bonchev–Trinajstić information content (AvgIpc) is 3.06. The molecule has 108 valence electrons. The van der Waals surface area contributed by atoms with E-state index in [4.69, 9.17) is 16.6 Å². The summed E-state index contributed by atoms with van der Waals surface area (Å²) in [4.78, 5) is 9.27. The second kappa shape index (κ2) is 5.36. The van der Waals surface area contributed by atoms with Gasteiger partial charge in [0, 0.05) is 12.7 Å². The van der Waals surface area contributed by atoms with Crippen molar-refractivity contribution in [2.45, 2.75) is 58.4 Å². The van der Waals surface area contributed by atoms with Crippen LogP contribution in [0.25, 0.3) is 11.2 Å². The molecule has 0 saturated heterocycles. The third kappa shape index (κ3) is 2.22. The fourth-order valence-electron chi connectivity index (χ4n) is 3.54. The van der Waals surface area contributed by atoms with Gasteiger partial charge in [-0.2, -0.15) is 0 Å². The van der Waals surface area contributed by atoms with Crippen LogP contribution in [0.1, 0.15) is 50.4 Å². The van der Waals surface area contributed by atoms with Gasteiger partial charge in [0.1, 0.15) is 11.3 Å². The van der Waals surface area contributed by atoms with Crippen molar-refractivity contribution in [1.29, 1.82) is 0 Å². The number of aryl methyl sites for hydroxylation is 1. The van der Waals surface area contributed by atoms with E-state index in [-0.39, 0.29) is 0 Å². The van der Waals surface area contributed by atoms with Gasteiger partial charge in [0.25, 0.3) is 0 Å². The highest BCUT2D eigenvalue weighted by Gasteiger charge is 2.33. The van der Waals surface area contributed by atoms with E-state index in [0.29, 0.717) is 11.3 Å². The van der Waals surface area contributed by atoms with Crippen molar-refractivity contribution >= 4 is 22.8 Å². The standard InChI is InChI=1S/C16H22ClN3/c1-3-16(7-4-5-8-16)11-20-13(10-17)19-14-12(2)6-9-18-15(14)20/h6,9H,3-5,7-8,10-11H2,1-2H3. The molecule has 2 aromatic heterocycles. The Morgan fingerprint density at radius 1 is 1.35 bits per heavy atom. The van der Waals surface area contributed by atoms with Crippen LogP contribution in [0.3, 0.4) is 0 Å². The monoisotopic (exact) mass is 291 g/mol. The summed E-state index contributed by atoms with van der Waals surface area (Å²) in [5.41, 5.74) is 3.60. The summed E-state index contributed by atoms with van der Waals surface area (Å²) in [5, 5.41) is 0. The molecule has 2 aromatic rings. The highest BCUT2D eigenvalue weighted by molar-refractivity contribution is 6.16. The molecule has 3 rings (SSSR count). The topological polar surface area (TPSA) is 30.7 Å². The zero-order chi connectivity index (χ0) is 14.2. The Labute approximate surface area is 125 Å². The fraction of sp³-hybridized carbons (Fsp3) is 0.625. The van der Waals surface area contributed by atoms with E-state index < -0.39 is 0 Å². The van der Waals surface area contributed by atoms with E-state index in [9.17, 15) is 0 Å². The molecule has 0 N–H and O–H groups in total. The summed E-state index contributed by atoms with van der Waals surface area (Å²) in [6, 6.07) is 2.02. The lowest BCUT2D eigenvalue weighted by Gasteiger charge is -2.28. The van der Waals surface area contributed by atoms with Crippen LogP contribution in [-0.4, -0.2) is 14.5 Å². The maximum absolute atomic E-state index is 6.12. The van der Waals surface area contributed by atoms with Crippen LogP contribution in [0.2, 0.25) is 0 Å². The quantitative estimate of drug-likeness (QED) is 0.779. The SMILES string of the molecule is CCC1(Cn2c(CCl)nc3c(C)ccnc32)CCCC1. The summed E-state index contributed by atoms with van der Waals surface area (Å²) in [7, 11) is 0. The average molecular weight is 292 g/mol. The minimum atomic E-state index is 0.417. The Morgan fingerprint density at radius 3 is 2.75 bits per heavy atom. The maximum Gasteiger partial charge on any atom is 0.160 e. The van der Waals surface area contributed by atoms with Crippen LogP contribution < -0.4 is 0 Å². The van der Waals surface area contributed by atoms with Gasteiger partial charge in [-0.25, -0.2) is 9.97 Å². The van der Waals surface area contributed by atoms with E-state index in [1.807, 2.05) is 12.3 Å². The Kier molecular flexibility index (Phi) is 3.72. The first-order valence-electron chi connectivity index (χ1n) is 7.56. The highest BCUT2D eigenvalue weighted by atomic mass is 35.5. The predicted octanol–water partition coefficient (Wildman–Crippen LogP) is 4.45. The van der Waals surface area contributed by atoms with Gasteiger partial charge in [0.15, 0.2) is 5.65 Å². The van der Waals surface area contributed by atoms with Crippen LogP contribution in [0.15, 0.2) is 12.3 Å². The van der Waals surface area contributed by atoms with Gasteiger partial charge in [0.05, 0.1) is 5.88 Å². The molecule has 20 heavy (non-hydrogen) atoms.